The van der Waals surface area contributed by atoms with Crippen molar-refractivity contribution in [3.63, 3.8) is 0 Å². The van der Waals surface area contributed by atoms with Gasteiger partial charge in [-0.1, -0.05) is 13.8 Å². The third-order valence-electron chi connectivity index (χ3n) is 5.16. The SMILES string of the molecule is Cc1nc(C)c(CC(C)C(C)Cc2nc(C)c(C)nc2C)nc1C. The summed E-state index contributed by atoms with van der Waals surface area (Å²) in [4.78, 5) is 18.7. The molecule has 0 fully saturated rings. The van der Waals surface area contributed by atoms with Crippen LogP contribution in [0.1, 0.15) is 59.4 Å². The highest BCUT2D eigenvalue weighted by atomic mass is 14.8. The molecule has 0 aliphatic carbocycles. The van der Waals surface area contributed by atoms with Crippen LogP contribution >= 0.6 is 0 Å². The molecule has 0 aliphatic heterocycles. The van der Waals surface area contributed by atoms with Crippen LogP contribution in [0.5, 0.6) is 0 Å². The molecule has 0 aromatic carbocycles. The van der Waals surface area contributed by atoms with E-state index >= 15 is 0 Å². The predicted molar refractivity (Wildman–Crippen MR) is 98.2 cm³/mol. The molecule has 2 atom stereocenters. The Kier molecular flexibility index (Phi) is 5.68. The van der Waals surface area contributed by atoms with E-state index in [4.69, 9.17) is 9.97 Å². The van der Waals surface area contributed by atoms with Crippen molar-refractivity contribution in [3.05, 3.63) is 45.6 Å². The molecule has 0 amide bonds. The fourth-order valence-electron chi connectivity index (χ4n) is 2.92. The summed E-state index contributed by atoms with van der Waals surface area (Å²) < 4.78 is 0. The van der Waals surface area contributed by atoms with E-state index in [2.05, 4.69) is 37.7 Å². The molecule has 24 heavy (non-hydrogen) atoms. The zero-order valence-electron chi connectivity index (χ0n) is 16.4. The largest absolute Gasteiger partial charge is 0.255 e. The Hall–Kier alpha value is -1.84. The minimum atomic E-state index is 0.517. The van der Waals surface area contributed by atoms with Gasteiger partial charge in [-0.25, -0.2) is 0 Å². The molecule has 2 aromatic rings. The van der Waals surface area contributed by atoms with Crippen molar-refractivity contribution in [3.8, 4) is 0 Å². The van der Waals surface area contributed by atoms with Crippen LogP contribution in [0.2, 0.25) is 0 Å². The lowest BCUT2D eigenvalue weighted by Crippen LogP contribution is -2.18. The van der Waals surface area contributed by atoms with E-state index in [1.54, 1.807) is 0 Å². The van der Waals surface area contributed by atoms with Crippen molar-refractivity contribution in [1.82, 2.24) is 19.9 Å². The van der Waals surface area contributed by atoms with Gasteiger partial charge < -0.3 is 0 Å². The summed E-state index contributed by atoms with van der Waals surface area (Å²) in [6, 6.07) is 0. The number of hydrogen-bond acceptors (Lipinski definition) is 4. The molecular formula is C20H30N4. The van der Waals surface area contributed by atoms with Crippen LogP contribution in [-0.2, 0) is 12.8 Å². The molecule has 2 aromatic heterocycles. The highest BCUT2D eigenvalue weighted by Crippen LogP contribution is 2.22. The van der Waals surface area contributed by atoms with Gasteiger partial charge in [-0.2, -0.15) is 0 Å². The van der Waals surface area contributed by atoms with E-state index < -0.39 is 0 Å². The van der Waals surface area contributed by atoms with Gasteiger partial charge in [-0.3, -0.25) is 19.9 Å². The molecule has 0 aliphatic rings. The number of aryl methyl sites for hydroxylation is 6. The van der Waals surface area contributed by atoms with Gasteiger partial charge in [-0.15, -0.1) is 0 Å². The lowest BCUT2D eigenvalue weighted by molar-refractivity contribution is 0.375. The first kappa shape index (κ1) is 18.5. The third-order valence-corrected chi connectivity index (χ3v) is 5.16. The highest BCUT2D eigenvalue weighted by Gasteiger charge is 2.18. The number of aromatic nitrogens is 4. The Bertz CT molecular complexity index is 673. The Morgan fingerprint density at radius 1 is 0.500 bits per heavy atom. The summed E-state index contributed by atoms with van der Waals surface area (Å²) in [5, 5.41) is 0. The quantitative estimate of drug-likeness (QED) is 0.827. The maximum absolute atomic E-state index is 4.75. The van der Waals surface area contributed by atoms with Crippen molar-refractivity contribution in [1.29, 1.82) is 0 Å². The van der Waals surface area contributed by atoms with Gasteiger partial charge in [0.25, 0.3) is 0 Å². The lowest BCUT2D eigenvalue weighted by atomic mass is 9.87. The van der Waals surface area contributed by atoms with E-state index in [1.807, 2.05) is 27.7 Å². The standard InChI is InChI=1S/C20H30N4/c1-11(9-19-17(7)21-13(3)15(5)23-19)12(2)10-20-18(8)22-14(4)16(6)24-20/h11-12H,9-10H2,1-8H3. The maximum atomic E-state index is 4.75. The third kappa shape index (κ3) is 4.16. The van der Waals surface area contributed by atoms with Crippen LogP contribution in [0.4, 0.5) is 0 Å². The van der Waals surface area contributed by atoms with Crippen molar-refractivity contribution in [2.75, 3.05) is 0 Å². The molecule has 0 saturated heterocycles. The van der Waals surface area contributed by atoms with E-state index in [0.29, 0.717) is 11.8 Å². The van der Waals surface area contributed by atoms with Gasteiger partial charge in [0.2, 0.25) is 0 Å². The number of nitrogens with zero attached hydrogens (tertiary/aromatic N) is 4. The highest BCUT2D eigenvalue weighted by molar-refractivity contribution is 5.20. The fourth-order valence-corrected chi connectivity index (χ4v) is 2.92. The summed E-state index contributed by atoms with van der Waals surface area (Å²) in [6.45, 7) is 16.8. The van der Waals surface area contributed by atoms with E-state index in [0.717, 1.165) is 58.4 Å². The van der Waals surface area contributed by atoms with Gasteiger partial charge >= 0.3 is 0 Å². The first-order chi connectivity index (χ1) is 11.2. The molecule has 0 saturated carbocycles. The molecule has 0 radical (unpaired) electrons. The Morgan fingerprint density at radius 2 is 0.792 bits per heavy atom. The Balaban J connectivity index is 2.12. The molecule has 4 nitrogen and oxygen atoms in total. The summed E-state index contributed by atoms with van der Waals surface area (Å²) in [5.41, 5.74) is 8.48. The predicted octanol–water partition coefficient (Wildman–Crippen LogP) is 4.17. The molecule has 0 spiro atoms. The number of rotatable bonds is 5. The van der Waals surface area contributed by atoms with E-state index in [-0.39, 0.29) is 0 Å². The summed E-state index contributed by atoms with van der Waals surface area (Å²) in [5.74, 6) is 1.03. The van der Waals surface area contributed by atoms with Crippen LogP contribution < -0.4 is 0 Å². The van der Waals surface area contributed by atoms with Crippen molar-refractivity contribution < 1.29 is 0 Å². The van der Waals surface area contributed by atoms with Crippen molar-refractivity contribution in [2.24, 2.45) is 11.8 Å². The molecule has 130 valence electrons. The topological polar surface area (TPSA) is 51.6 Å². The van der Waals surface area contributed by atoms with Crippen molar-refractivity contribution >= 4 is 0 Å². The fraction of sp³-hybridized carbons (Fsp3) is 0.600. The minimum Gasteiger partial charge on any atom is -0.255 e. The second kappa shape index (κ2) is 7.37. The van der Waals surface area contributed by atoms with Gasteiger partial charge in [0.05, 0.1) is 45.6 Å². The minimum absolute atomic E-state index is 0.517. The normalized spacial score (nSPS) is 13.8. The maximum Gasteiger partial charge on any atom is 0.0622 e. The average Bonchev–Trinajstić information content (AvgIpc) is 2.50. The first-order valence-electron chi connectivity index (χ1n) is 8.80. The zero-order valence-corrected chi connectivity index (χ0v) is 16.4. The smallest absolute Gasteiger partial charge is 0.0622 e. The first-order valence-corrected chi connectivity index (χ1v) is 8.80. The molecule has 2 unspecified atom stereocenters. The second-order valence-electron chi connectivity index (χ2n) is 7.22. The Labute approximate surface area is 146 Å². The van der Waals surface area contributed by atoms with E-state index in [1.165, 1.54) is 0 Å². The summed E-state index contributed by atoms with van der Waals surface area (Å²) in [7, 11) is 0. The van der Waals surface area contributed by atoms with Gasteiger partial charge in [0.15, 0.2) is 0 Å². The lowest BCUT2D eigenvalue weighted by Gasteiger charge is -2.21. The van der Waals surface area contributed by atoms with Crippen LogP contribution in [0, 0.1) is 53.4 Å². The van der Waals surface area contributed by atoms with Crippen molar-refractivity contribution in [2.45, 2.75) is 68.2 Å². The zero-order chi connectivity index (χ0) is 18.0. The molecular weight excluding hydrogens is 296 g/mol. The van der Waals surface area contributed by atoms with Crippen LogP contribution in [0.15, 0.2) is 0 Å². The second-order valence-corrected chi connectivity index (χ2v) is 7.22. The number of hydrogen-bond donors (Lipinski definition) is 0. The molecule has 0 N–H and O–H groups in total. The average molecular weight is 326 g/mol. The van der Waals surface area contributed by atoms with Gasteiger partial charge in [-0.05, 0) is 66.2 Å². The monoisotopic (exact) mass is 326 g/mol. The van der Waals surface area contributed by atoms with Crippen LogP contribution in [-0.4, -0.2) is 19.9 Å². The molecule has 0 bridgehead atoms. The van der Waals surface area contributed by atoms with E-state index in [9.17, 15) is 0 Å². The van der Waals surface area contributed by atoms with Gasteiger partial charge in [0, 0.05) is 0 Å². The van der Waals surface area contributed by atoms with Crippen LogP contribution in [0.3, 0.4) is 0 Å². The molecule has 4 heteroatoms. The molecule has 2 heterocycles. The molecule has 2 rings (SSSR count). The van der Waals surface area contributed by atoms with Gasteiger partial charge in [0.1, 0.15) is 0 Å². The Morgan fingerprint density at radius 3 is 1.12 bits per heavy atom. The van der Waals surface area contributed by atoms with Crippen LogP contribution in [0.25, 0.3) is 0 Å². The summed E-state index contributed by atoms with van der Waals surface area (Å²) in [6.07, 6.45) is 1.91. The summed E-state index contributed by atoms with van der Waals surface area (Å²) >= 11 is 0.